The number of rotatable bonds is 1. The van der Waals surface area contributed by atoms with E-state index < -0.39 is 0 Å². The number of likely N-dealkylation sites (N-methyl/N-ethyl adjacent to an activating group) is 1. The molecular formula is C16H22N4S. The van der Waals surface area contributed by atoms with Crippen LogP contribution >= 0.6 is 11.3 Å². The minimum Gasteiger partial charge on any atom is -0.353 e. The highest BCUT2D eigenvalue weighted by Crippen LogP contribution is 2.40. The molecule has 21 heavy (non-hydrogen) atoms. The highest BCUT2D eigenvalue weighted by Gasteiger charge is 2.25. The van der Waals surface area contributed by atoms with E-state index >= 15 is 0 Å². The Hall–Kier alpha value is -1.20. The summed E-state index contributed by atoms with van der Waals surface area (Å²) in [4.78, 5) is 16.8. The van der Waals surface area contributed by atoms with Crippen molar-refractivity contribution in [3.05, 3.63) is 16.8 Å². The molecule has 0 saturated carbocycles. The highest BCUT2D eigenvalue weighted by molar-refractivity contribution is 7.19. The van der Waals surface area contributed by atoms with Gasteiger partial charge >= 0.3 is 0 Å². The molecule has 2 aromatic rings. The maximum Gasteiger partial charge on any atom is 0.141 e. The lowest BCUT2D eigenvalue weighted by Crippen LogP contribution is -2.44. The Morgan fingerprint density at radius 3 is 2.81 bits per heavy atom. The van der Waals surface area contributed by atoms with Gasteiger partial charge in [-0.15, -0.1) is 11.3 Å². The second-order valence-corrected chi connectivity index (χ2v) is 7.60. The van der Waals surface area contributed by atoms with Crippen LogP contribution in [0.5, 0.6) is 0 Å². The van der Waals surface area contributed by atoms with Gasteiger partial charge in [0.1, 0.15) is 17.0 Å². The van der Waals surface area contributed by atoms with Gasteiger partial charge in [0.15, 0.2) is 0 Å². The average Bonchev–Trinajstić information content (AvgIpc) is 2.85. The molecule has 2 aliphatic rings. The van der Waals surface area contributed by atoms with Gasteiger partial charge in [-0.05, 0) is 37.8 Å². The molecule has 2 aromatic heterocycles. The summed E-state index contributed by atoms with van der Waals surface area (Å²) in [6.45, 7) is 6.75. The molecule has 1 aliphatic carbocycles. The molecule has 4 nitrogen and oxygen atoms in total. The first-order valence-electron chi connectivity index (χ1n) is 7.91. The molecule has 1 saturated heterocycles. The van der Waals surface area contributed by atoms with E-state index in [2.05, 4.69) is 33.7 Å². The molecule has 0 bridgehead atoms. The van der Waals surface area contributed by atoms with Crippen LogP contribution in [0.2, 0.25) is 0 Å². The van der Waals surface area contributed by atoms with Crippen LogP contribution < -0.4 is 4.90 Å². The lowest BCUT2D eigenvalue weighted by Gasteiger charge is -2.33. The molecule has 0 N–H and O–H groups in total. The van der Waals surface area contributed by atoms with E-state index in [1.54, 1.807) is 16.8 Å². The van der Waals surface area contributed by atoms with Crippen molar-refractivity contribution < 1.29 is 0 Å². The van der Waals surface area contributed by atoms with Crippen LogP contribution in [0.4, 0.5) is 5.82 Å². The molecule has 1 aliphatic heterocycles. The number of aryl methyl sites for hydroxylation is 1. The number of anilines is 1. The molecule has 112 valence electrons. The Morgan fingerprint density at radius 2 is 2.00 bits per heavy atom. The topological polar surface area (TPSA) is 32.3 Å². The number of hydrogen-bond acceptors (Lipinski definition) is 5. The largest absolute Gasteiger partial charge is 0.353 e. The van der Waals surface area contributed by atoms with Gasteiger partial charge in [-0.25, -0.2) is 9.97 Å². The van der Waals surface area contributed by atoms with E-state index in [1.165, 1.54) is 35.3 Å². The zero-order valence-electron chi connectivity index (χ0n) is 12.8. The summed E-state index contributed by atoms with van der Waals surface area (Å²) < 4.78 is 0. The molecule has 0 amide bonds. The van der Waals surface area contributed by atoms with Gasteiger partial charge in [-0.2, -0.15) is 0 Å². The van der Waals surface area contributed by atoms with Crippen LogP contribution in [-0.2, 0) is 12.8 Å². The minimum atomic E-state index is 0.811. The summed E-state index contributed by atoms with van der Waals surface area (Å²) >= 11 is 1.89. The lowest BCUT2D eigenvalue weighted by molar-refractivity contribution is 0.312. The van der Waals surface area contributed by atoms with Gasteiger partial charge in [0.2, 0.25) is 0 Å². The molecule has 0 unspecified atom stereocenters. The Kier molecular flexibility index (Phi) is 3.34. The van der Waals surface area contributed by atoms with E-state index in [9.17, 15) is 0 Å². The van der Waals surface area contributed by atoms with E-state index in [0.29, 0.717) is 0 Å². The number of thiophene rings is 1. The van der Waals surface area contributed by atoms with Gasteiger partial charge < -0.3 is 9.80 Å². The molecule has 0 aromatic carbocycles. The summed E-state index contributed by atoms with van der Waals surface area (Å²) in [6, 6.07) is 0. The van der Waals surface area contributed by atoms with Crippen LogP contribution in [0.1, 0.15) is 23.8 Å². The normalized spacial score (nSPS) is 23.5. The second-order valence-electron chi connectivity index (χ2n) is 6.52. The number of nitrogens with zero attached hydrogens (tertiary/aromatic N) is 4. The van der Waals surface area contributed by atoms with Crippen LogP contribution in [-0.4, -0.2) is 48.1 Å². The van der Waals surface area contributed by atoms with Crippen molar-refractivity contribution in [2.24, 2.45) is 5.92 Å². The Labute approximate surface area is 129 Å². The predicted octanol–water partition coefficient (Wildman–Crippen LogP) is 2.57. The van der Waals surface area contributed by atoms with E-state index in [4.69, 9.17) is 0 Å². The SMILES string of the molecule is C[C@H]1CCc2c(sc3ncnc(N4CCN(C)CC4)c23)C1. The fraction of sp³-hybridized carbons (Fsp3) is 0.625. The fourth-order valence-electron chi connectivity index (χ4n) is 3.52. The summed E-state index contributed by atoms with van der Waals surface area (Å²) in [7, 11) is 2.20. The van der Waals surface area contributed by atoms with Gasteiger partial charge in [-0.1, -0.05) is 6.92 Å². The molecule has 5 heteroatoms. The van der Waals surface area contributed by atoms with Crippen LogP contribution in [0.15, 0.2) is 6.33 Å². The monoisotopic (exact) mass is 302 g/mol. The Balaban J connectivity index is 1.79. The summed E-state index contributed by atoms with van der Waals surface area (Å²) in [5.41, 5.74) is 1.54. The van der Waals surface area contributed by atoms with Gasteiger partial charge in [0.05, 0.1) is 5.39 Å². The Bertz CT molecular complexity index is 658. The first-order chi connectivity index (χ1) is 10.2. The lowest BCUT2D eigenvalue weighted by atomic mass is 9.89. The van der Waals surface area contributed by atoms with Gasteiger partial charge in [0.25, 0.3) is 0 Å². The van der Waals surface area contributed by atoms with E-state index in [-0.39, 0.29) is 0 Å². The molecule has 0 spiro atoms. The smallest absolute Gasteiger partial charge is 0.141 e. The Morgan fingerprint density at radius 1 is 1.19 bits per heavy atom. The highest BCUT2D eigenvalue weighted by atomic mass is 32.1. The number of hydrogen-bond donors (Lipinski definition) is 0. The number of piperazine rings is 1. The molecule has 1 atom stereocenters. The third-order valence-corrected chi connectivity index (χ3v) is 6.04. The van der Waals surface area contributed by atoms with Crippen LogP contribution in [0.25, 0.3) is 10.2 Å². The maximum absolute atomic E-state index is 4.66. The van der Waals surface area contributed by atoms with Crippen molar-refractivity contribution in [3.8, 4) is 0 Å². The third-order valence-electron chi connectivity index (χ3n) is 4.87. The van der Waals surface area contributed by atoms with Crippen molar-refractivity contribution in [3.63, 3.8) is 0 Å². The summed E-state index contributed by atoms with van der Waals surface area (Å²) in [5.74, 6) is 1.99. The quantitative estimate of drug-likeness (QED) is 0.810. The third kappa shape index (κ3) is 2.32. The van der Waals surface area contributed by atoms with Crippen molar-refractivity contribution in [2.75, 3.05) is 38.1 Å². The molecule has 1 fully saturated rings. The standard InChI is InChI=1S/C16H22N4S/c1-11-3-4-12-13(9-11)21-16-14(12)15(17-10-18-16)20-7-5-19(2)6-8-20/h10-11H,3-9H2,1-2H3/t11-/m0/s1. The van der Waals surface area contributed by atoms with Crippen molar-refractivity contribution in [1.29, 1.82) is 0 Å². The van der Waals surface area contributed by atoms with E-state index in [0.717, 1.165) is 32.1 Å². The zero-order valence-corrected chi connectivity index (χ0v) is 13.6. The minimum absolute atomic E-state index is 0.811. The van der Waals surface area contributed by atoms with Crippen molar-refractivity contribution in [1.82, 2.24) is 14.9 Å². The van der Waals surface area contributed by atoms with E-state index in [1.807, 2.05) is 11.3 Å². The predicted molar refractivity (Wildman–Crippen MR) is 88.3 cm³/mol. The molecule has 0 radical (unpaired) electrons. The number of fused-ring (bicyclic) bond motifs is 3. The summed E-state index contributed by atoms with van der Waals surface area (Å²) in [5, 5.41) is 1.36. The van der Waals surface area contributed by atoms with Crippen LogP contribution in [0.3, 0.4) is 0 Å². The summed E-state index contributed by atoms with van der Waals surface area (Å²) in [6.07, 6.45) is 5.47. The first-order valence-corrected chi connectivity index (χ1v) is 8.73. The zero-order chi connectivity index (χ0) is 14.4. The second kappa shape index (κ2) is 5.21. The van der Waals surface area contributed by atoms with Crippen LogP contribution in [0, 0.1) is 5.92 Å². The molecular weight excluding hydrogens is 280 g/mol. The van der Waals surface area contributed by atoms with Gasteiger partial charge in [0, 0.05) is 31.1 Å². The number of aromatic nitrogens is 2. The molecule has 3 heterocycles. The first kappa shape index (κ1) is 13.5. The maximum atomic E-state index is 4.66. The average molecular weight is 302 g/mol. The van der Waals surface area contributed by atoms with Crippen molar-refractivity contribution in [2.45, 2.75) is 26.2 Å². The fourth-order valence-corrected chi connectivity index (χ4v) is 4.86. The molecule has 4 rings (SSSR count). The van der Waals surface area contributed by atoms with Gasteiger partial charge in [-0.3, -0.25) is 0 Å². The van der Waals surface area contributed by atoms with Crippen molar-refractivity contribution >= 4 is 27.4 Å².